The van der Waals surface area contributed by atoms with Crippen molar-refractivity contribution in [2.24, 2.45) is 0 Å². The number of hydrogen-bond acceptors (Lipinski definition) is 1. The molecule has 0 atom stereocenters. The van der Waals surface area contributed by atoms with E-state index in [1.54, 1.807) is 8.73 Å². The molecule has 0 nitrogen and oxygen atoms in total. The van der Waals surface area contributed by atoms with E-state index in [-0.39, 0.29) is 0 Å². The van der Waals surface area contributed by atoms with Crippen molar-refractivity contribution in [3.05, 3.63) is 0 Å². The van der Waals surface area contributed by atoms with E-state index in [9.17, 15) is 0 Å². The Balaban J connectivity index is 0. The summed E-state index contributed by atoms with van der Waals surface area (Å²) in [4.78, 5) is 0. The molecular formula is C20H43SSb. The first kappa shape index (κ1) is 25.4. The van der Waals surface area contributed by atoms with Gasteiger partial charge in [0.05, 0.1) is 0 Å². The Kier molecular flexibility index (Phi) is 31.2. The number of unbranched alkanes of at least 4 members (excludes halogenated alkanes) is 11. The van der Waals surface area contributed by atoms with Gasteiger partial charge in [0, 0.05) is 0 Å². The summed E-state index contributed by atoms with van der Waals surface area (Å²) in [6, 6.07) is 0. The Morgan fingerprint density at radius 1 is 0.500 bits per heavy atom. The summed E-state index contributed by atoms with van der Waals surface area (Å²) < 4.78 is 3.21. The molecule has 0 unspecified atom stereocenters. The van der Waals surface area contributed by atoms with E-state index in [1.165, 1.54) is 89.9 Å². The first-order valence-corrected chi connectivity index (χ1v) is 14.2. The molecule has 0 aromatic carbocycles. The van der Waals surface area contributed by atoms with E-state index < -0.39 is 0 Å². The molecule has 0 N–H and O–H groups in total. The molecule has 22 heavy (non-hydrogen) atoms. The summed E-state index contributed by atoms with van der Waals surface area (Å²) >= 11 is 5.20. The van der Waals surface area contributed by atoms with Crippen LogP contribution in [0.25, 0.3) is 0 Å². The Hall–Kier alpha value is 1.17. The van der Waals surface area contributed by atoms with E-state index in [0.29, 0.717) is 21.6 Å². The minimum absolute atomic E-state index is 0.304. The zero-order valence-electron chi connectivity index (χ0n) is 15.9. The van der Waals surface area contributed by atoms with Gasteiger partial charge in [0.15, 0.2) is 0 Å². The van der Waals surface area contributed by atoms with E-state index in [2.05, 4.69) is 20.8 Å². The molecule has 0 aliphatic carbocycles. The fraction of sp³-hybridized carbons (Fsp3) is 1.00. The van der Waals surface area contributed by atoms with Crippen molar-refractivity contribution < 1.29 is 0 Å². The van der Waals surface area contributed by atoms with Crippen LogP contribution in [-0.2, 0) is 12.6 Å². The number of hydrogen-bond donors (Lipinski definition) is 0. The Bertz CT molecular complexity index is 146. The van der Waals surface area contributed by atoms with Crippen LogP contribution in [0.15, 0.2) is 0 Å². The van der Waals surface area contributed by atoms with Gasteiger partial charge in [-0.15, -0.1) is 0 Å². The molecule has 0 aliphatic heterocycles. The maximum absolute atomic E-state index is 4.90. The molecule has 0 aliphatic rings. The fourth-order valence-electron chi connectivity index (χ4n) is 2.24. The zero-order valence-corrected chi connectivity index (χ0v) is 19.2. The SMILES string of the molecule is CCCCCCCCCCCC[S-].CCC[CH2][Sb+][CH2]CCC. The third-order valence-corrected chi connectivity index (χ3v) is 7.74. The zero-order chi connectivity index (χ0) is 16.7. The molecule has 0 fully saturated rings. The van der Waals surface area contributed by atoms with Crippen molar-refractivity contribution in [2.75, 3.05) is 5.75 Å². The maximum atomic E-state index is 4.90. The normalized spacial score (nSPS) is 10.4. The quantitative estimate of drug-likeness (QED) is 0.136. The van der Waals surface area contributed by atoms with Crippen LogP contribution in [0.2, 0.25) is 8.73 Å². The van der Waals surface area contributed by atoms with E-state index in [1.807, 2.05) is 0 Å². The molecule has 0 heterocycles. The Labute approximate surface area is 158 Å². The number of rotatable bonds is 16. The summed E-state index contributed by atoms with van der Waals surface area (Å²) in [7, 11) is 0. The first-order valence-electron chi connectivity index (χ1n) is 10.0. The third kappa shape index (κ3) is 29.2. The fourth-order valence-corrected chi connectivity index (χ4v) is 6.16. The van der Waals surface area contributed by atoms with Gasteiger partial charge in [-0.3, -0.25) is 0 Å². The van der Waals surface area contributed by atoms with Crippen LogP contribution in [-0.4, -0.2) is 27.4 Å². The van der Waals surface area contributed by atoms with Gasteiger partial charge in [0.25, 0.3) is 0 Å². The molecular weight excluding hydrogens is 394 g/mol. The van der Waals surface area contributed by atoms with Gasteiger partial charge in [-0.2, -0.15) is 5.75 Å². The second-order valence-corrected chi connectivity index (χ2v) is 10.5. The predicted octanol–water partition coefficient (Wildman–Crippen LogP) is 7.58. The molecule has 2 heteroatoms. The van der Waals surface area contributed by atoms with Gasteiger partial charge in [-0.05, 0) is 0 Å². The summed E-state index contributed by atoms with van der Waals surface area (Å²) in [5, 5.41) is 0. The third-order valence-electron chi connectivity index (χ3n) is 3.84. The van der Waals surface area contributed by atoms with Crippen LogP contribution in [0.5, 0.6) is 0 Å². The van der Waals surface area contributed by atoms with Crippen LogP contribution in [0, 0.1) is 0 Å². The molecule has 0 amide bonds. The van der Waals surface area contributed by atoms with E-state index in [0.717, 1.165) is 5.75 Å². The van der Waals surface area contributed by atoms with Crippen molar-refractivity contribution in [3.63, 3.8) is 0 Å². The predicted molar refractivity (Wildman–Crippen MR) is 109 cm³/mol. The van der Waals surface area contributed by atoms with Crippen LogP contribution in [0.1, 0.15) is 111 Å². The second kappa shape index (κ2) is 27.0. The van der Waals surface area contributed by atoms with Gasteiger partial charge < -0.3 is 12.6 Å². The van der Waals surface area contributed by atoms with Crippen molar-refractivity contribution in [3.8, 4) is 0 Å². The van der Waals surface area contributed by atoms with Crippen molar-refractivity contribution in [1.29, 1.82) is 0 Å². The molecule has 0 aromatic heterocycles. The average Bonchev–Trinajstić information content (AvgIpc) is 2.54. The van der Waals surface area contributed by atoms with Gasteiger partial charge in [0.1, 0.15) is 0 Å². The van der Waals surface area contributed by atoms with Gasteiger partial charge in [0.2, 0.25) is 0 Å². The monoisotopic (exact) mass is 436 g/mol. The molecule has 0 rings (SSSR count). The minimum atomic E-state index is 0.304. The summed E-state index contributed by atoms with van der Waals surface area (Å²) in [6.07, 6.45) is 19.8. The summed E-state index contributed by atoms with van der Waals surface area (Å²) in [5.41, 5.74) is 0. The molecule has 0 aromatic rings. The molecule has 0 bridgehead atoms. The molecule has 0 saturated carbocycles. The van der Waals surface area contributed by atoms with E-state index >= 15 is 0 Å². The summed E-state index contributed by atoms with van der Waals surface area (Å²) in [5.74, 6) is 0.955. The molecule has 0 spiro atoms. The van der Waals surface area contributed by atoms with Gasteiger partial charge >= 0.3 is 69.9 Å². The Morgan fingerprint density at radius 3 is 1.23 bits per heavy atom. The molecule has 0 saturated heterocycles. The van der Waals surface area contributed by atoms with Gasteiger partial charge in [-0.25, -0.2) is 0 Å². The van der Waals surface area contributed by atoms with Crippen LogP contribution >= 0.6 is 0 Å². The van der Waals surface area contributed by atoms with Crippen LogP contribution in [0.4, 0.5) is 0 Å². The topological polar surface area (TPSA) is 0 Å². The first-order chi connectivity index (χ1) is 10.8. The van der Waals surface area contributed by atoms with Gasteiger partial charge in [-0.1, -0.05) is 71.1 Å². The van der Waals surface area contributed by atoms with Crippen molar-refractivity contribution in [1.82, 2.24) is 0 Å². The summed E-state index contributed by atoms with van der Waals surface area (Å²) in [6.45, 7) is 6.85. The molecule has 134 valence electrons. The Morgan fingerprint density at radius 2 is 0.864 bits per heavy atom. The van der Waals surface area contributed by atoms with Crippen LogP contribution in [0.3, 0.4) is 0 Å². The van der Waals surface area contributed by atoms with E-state index in [4.69, 9.17) is 12.6 Å². The van der Waals surface area contributed by atoms with Crippen LogP contribution < -0.4 is 0 Å². The second-order valence-electron chi connectivity index (χ2n) is 6.26. The average molecular weight is 437 g/mol. The van der Waals surface area contributed by atoms with Crippen molar-refractivity contribution >= 4 is 34.2 Å². The van der Waals surface area contributed by atoms with Crippen molar-refractivity contribution in [2.45, 2.75) is 119 Å². The molecule has 2 radical (unpaired) electrons. The standard InChI is InChI=1S/C12H26S.2C4H9.Sb/c1-2-3-4-5-6-7-8-9-10-11-12-13;2*1-3-4-2;/h13H,2-12H2,1H3;2*1,3-4H2,2H3;/q;;;+1/p-1.